The van der Waals surface area contributed by atoms with E-state index in [1.807, 2.05) is 13.0 Å². The van der Waals surface area contributed by atoms with Gasteiger partial charge in [0.15, 0.2) is 0 Å². The van der Waals surface area contributed by atoms with E-state index in [4.69, 9.17) is 5.73 Å². The van der Waals surface area contributed by atoms with Crippen LogP contribution in [0.5, 0.6) is 0 Å². The quantitative estimate of drug-likeness (QED) is 0.883. The van der Waals surface area contributed by atoms with Crippen LogP contribution in [0, 0.1) is 5.92 Å². The number of nitrogens with two attached hydrogens (primary N) is 1. The van der Waals surface area contributed by atoms with Crippen molar-refractivity contribution >= 4 is 18.3 Å². The zero-order valence-corrected chi connectivity index (χ0v) is 11.5. The van der Waals surface area contributed by atoms with Gasteiger partial charge in [0.25, 0.3) is 0 Å². The molecule has 3 nitrogen and oxygen atoms in total. The number of benzene rings is 1. The van der Waals surface area contributed by atoms with Crippen LogP contribution in [-0.2, 0) is 11.2 Å². The first-order valence-corrected chi connectivity index (χ1v) is 6.30. The molecule has 100 valence electrons. The number of carbonyl (C=O) groups is 1. The van der Waals surface area contributed by atoms with Gasteiger partial charge in [0.1, 0.15) is 0 Å². The second-order valence-corrected chi connectivity index (χ2v) is 4.79. The van der Waals surface area contributed by atoms with Gasteiger partial charge in [0.05, 0.1) is 6.04 Å². The van der Waals surface area contributed by atoms with Crippen LogP contribution in [0.3, 0.4) is 0 Å². The molecule has 1 amide bonds. The fourth-order valence-corrected chi connectivity index (χ4v) is 2.32. The highest BCUT2D eigenvalue weighted by Crippen LogP contribution is 2.29. The van der Waals surface area contributed by atoms with E-state index in [-0.39, 0.29) is 30.3 Å². The van der Waals surface area contributed by atoms with E-state index >= 15 is 0 Å². The Labute approximate surface area is 115 Å². The van der Waals surface area contributed by atoms with E-state index in [1.54, 1.807) is 0 Å². The SMILES string of the molecule is CC(CN)C(=O)NC1CCCc2ccccc21.Cl. The molecule has 4 heteroatoms. The number of rotatable bonds is 3. The van der Waals surface area contributed by atoms with Crippen molar-refractivity contribution in [3.05, 3.63) is 35.4 Å². The van der Waals surface area contributed by atoms with Crippen molar-refractivity contribution in [1.82, 2.24) is 5.32 Å². The van der Waals surface area contributed by atoms with Crippen molar-refractivity contribution in [2.75, 3.05) is 6.54 Å². The fraction of sp³-hybridized carbons (Fsp3) is 0.500. The highest BCUT2D eigenvalue weighted by Gasteiger charge is 2.22. The van der Waals surface area contributed by atoms with Crippen LogP contribution in [-0.4, -0.2) is 12.5 Å². The zero-order valence-electron chi connectivity index (χ0n) is 10.7. The topological polar surface area (TPSA) is 55.1 Å². The number of carbonyl (C=O) groups excluding carboxylic acids is 1. The molecule has 1 aliphatic carbocycles. The summed E-state index contributed by atoms with van der Waals surface area (Å²) in [7, 11) is 0. The molecule has 2 atom stereocenters. The maximum atomic E-state index is 11.9. The molecule has 0 aliphatic heterocycles. The molecule has 0 fully saturated rings. The minimum atomic E-state index is -0.107. The van der Waals surface area contributed by atoms with Crippen LogP contribution in [0.4, 0.5) is 0 Å². The molecule has 2 unspecified atom stereocenters. The Bertz CT molecular complexity index is 409. The van der Waals surface area contributed by atoms with Gasteiger partial charge in [0, 0.05) is 12.5 Å². The summed E-state index contributed by atoms with van der Waals surface area (Å²) < 4.78 is 0. The second-order valence-electron chi connectivity index (χ2n) is 4.79. The lowest BCUT2D eigenvalue weighted by molar-refractivity contribution is -0.125. The summed E-state index contributed by atoms with van der Waals surface area (Å²) in [6.45, 7) is 2.27. The average molecular weight is 269 g/mol. The number of fused-ring (bicyclic) bond motifs is 1. The largest absolute Gasteiger partial charge is 0.349 e. The molecule has 1 aromatic rings. The normalized spacial score (nSPS) is 19.3. The van der Waals surface area contributed by atoms with E-state index in [2.05, 4.69) is 23.5 Å². The smallest absolute Gasteiger partial charge is 0.224 e. The Hall–Kier alpha value is -1.06. The van der Waals surface area contributed by atoms with Crippen LogP contribution in [0.1, 0.15) is 36.9 Å². The number of nitrogens with one attached hydrogen (secondary N) is 1. The molecule has 0 aromatic heterocycles. The van der Waals surface area contributed by atoms with Crippen molar-refractivity contribution in [3.8, 4) is 0 Å². The molecule has 0 saturated heterocycles. The van der Waals surface area contributed by atoms with Crippen molar-refractivity contribution in [2.45, 2.75) is 32.2 Å². The predicted molar refractivity (Wildman–Crippen MR) is 75.7 cm³/mol. The summed E-state index contributed by atoms with van der Waals surface area (Å²) in [6.07, 6.45) is 3.29. The van der Waals surface area contributed by atoms with E-state index in [9.17, 15) is 4.79 Å². The van der Waals surface area contributed by atoms with Gasteiger partial charge in [0.2, 0.25) is 5.91 Å². The van der Waals surface area contributed by atoms with Gasteiger partial charge >= 0.3 is 0 Å². The predicted octanol–water partition coefficient (Wildman–Crippen LogP) is 2.20. The first-order valence-electron chi connectivity index (χ1n) is 6.30. The molecule has 0 bridgehead atoms. The van der Waals surface area contributed by atoms with Gasteiger partial charge in [-0.15, -0.1) is 12.4 Å². The van der Waals surface area contributed by atoms with Gasteiger partial charge in [-0.05, 0) is 30.4 Å². The second kappa shape index (κ2) is 6.76. The van der Waals surface area contributed by atoms with E-state index in [1.165, 1.54) is 11.1 Å². The molecule has 1 aliphatic rings. The summed E-state index contributed by atoms with van der Waals surface area (Å²) in [5, 5.41) is 3.11. The lowest BCUT2D eigenvalue weighted by Crippen LogP contribution is -2.37. The van der Waals surface area contributed by atoms with Gasteiger partial charge in [-0.3, -0.25) is 4.79 Å². The Morgan fingerprint density at radius 2 is 2.22 bits per heavy atom. The molecule has 1 aromatic carbocycles. The molecule has 0 heterocycles. The summed E-state index contributed by atoms with van der Waals surface area (Å²) in [6, 6.07) is 8.54. The third-order valence-electron chi connectivity index (χ3n) is 3.49. The molecule has 0 saturated carbocycles. The average Bonchev–Trinajstić information content (AvgIpc) is 2.38. The Kier molecular flexibility index (Phi) is 5.63. The molecule has 18 heavy (non-hydrogen) atoms. The van der Waals surface area contributed by atoms with Crippen LogP contribution in [0.25, 0.3) is 0 Å². The molecule has 0 radical (unpaired) electrons. The standard InChI is InChI=1S/C14H20N2O.ClH/c1-10(9-15)14(17)16-13-8-4-6-11-5-2-3-7-12(11)13;/h2-3,5,7,10,13H,4,6,8-9,15H2,1H3,(H,16,17);1H. The lowest BCUT2D eigenvalue weighted by atomic mass is 9.87. The monoisotopic (exact) mass is 268 g/mol. The van der Waals surface area contributed by atoms with Crippen molar-refractivity contribution < 1.29 is 4.79 Å². The van der Waals surface area contributed by atoms with Gasteiger partial charge in [-0.25, -0.2) is 0 Å². The summed E-state index contributed by atoms with van der Waals surface area (Å²) in [5.74, 6) is -0.0432. The fourth-order valence-electron chi connectivity index (χ4n) is 2.32. The number of aryl methyl sites for hydroxylation is 1. The van der Waals surface area contributed by atoms with Gasteiger partial charge in [-0.2, -0.15) is 0 Å². The zero-order chi connectivity index (χ0) is 12.3. The van der Waals surface area contributed by atoms with E-state index in [0.717, 1.165) is 19.3 Å². The van der Waals surface area contributed by atoms with Crippen molar-refractivity contribution in [1.29, 1.82) is 0 Å². The van der Waals surface area contributed by atoms with E-state index < -0.39 is 0 Å². The molecule has 3 N–H and O–H groups in total. The minimum Gasteiger partial charge on any atom is -0.349 e. The maximum Gasteiger partial charge on any atom is 0.224 e. The number of hydrogen-bond acceptors (Lipinski definition) is 2. The Morgan fingerprint density at radius 3 is 2.94 bits per heavy atom. The number of amides is 1. The van der Waals surface area contributed by atoms with Gasteiger partial charge < -0.3 is 11.1 Å². The van der Waals surface area contributed by atoms with Crippen LogP contribution in [0.15, 0.2) is 24.3 Å². The van der Waals surface area contributed by atoms with Crippen molar-refractivity contribution in [3.63, 3.8) is 0 Å². The molecule has 0 spiro atoms. The first kappa shape index (κ1) is 15.0. The molecular formula is C14H21ClN2O. The number of hydrogen-bond donors (Lipinski definition) is 2. The highest BCUT2D eigenvalue weighted by atomic mass is 35.5. The van der Waals surface area contributed by atoms with Crippen LogP contribution in [0.2, 0.25) is 0 Å². The summed E-state index contributed by atoms with van der Waals surface area (Å²) in [5.41, 5.74) is 8.15. The molecular weight excluding hydrogens is 248 g/mol. The highest BCUT2D eigenvalue weighted by molar-refractivity contribution is 5.85. The first-order chi connectivity index (χ1) is 8.22. The van der Waals surface area contributed by atoms with E-state index in [0.29, 0.717) is 6.54 Å². The third kappa shape index (κ3) is 3.24. The maximum absolute atomic E-state index is 11.9. The Morgan fingerprint density at radius 1 is 1.50 bits per heavy atom. The summed E-state index contributed by atoms with van der Waals surface area (Å²) in [4.78, 5) is 11.9. The number of halogens is 1. The molecule has 2 rings (SSSR count). The summed E-state index contributed by atoms with van der Waals surface area (Å²) >= 11 is 0. The van der Waals surface area contributed by atoms with Crippen LogP contribution >= 0.6 is 12.4 Å². The Balaban J connectivity index is 0.00000162. The minimum absolute atomic E-state index is 0. The van der Waals surface area contributed by atoms with Gasteiger partial charge in [-0.1, -0.05) is 31.2 Å². The third-order valence-corrected chi connectivity index (χ3v) is 3.49. The lowest BCUT2D eigenvalue weighted by Gasteiger charge is -2.27. The van der Waals surface area contributed by atoms with Crippen molar-refractivity contribution in [2.24, 2.45) is 11.7 Å². The van der Waals surface area contributed by atoms with Crippen LogP contribution < -0.4 is 11.1 Å².